The number of ether oxygens (including phenoxy) is 3. The molecule has 0 saturated heterocycles. The molecule has 2 amide bonds. The Kier molecular flexibility index (Phi) is 11.8. The third kappa shape index (κ3) is 10.6. The van der Waals surface area contributed by atoms with Crippen LogP contribution in [0.15, 0.2) is 60.2 Å². The number of benzene rings is 2. The van der Waals surface area contributed by atoms with Gasteiger partial charge in [0.05, 0.1) is 12.7 Å². The fraction of sp³-hybridized carbons (Fsp3) is 0.564. The molecule has 2 atom stereocenters. The summed E-state index contributed by atoms with van der Waals surface area (Å²) in [5.41, 5.74) is 2.74. The van der Waals surface area contributed by atoms with Gasteiger partial charge in [-0.15, -0.1) is 0 Å². The zero-order valence-electron chi connectivity index (χ0n) is 29.6. The number of methoxy groups -OCH3 is 1. The highest BCUT2D eigenvalue weighted by molar-refractivity contribution is 5.89. The van der Waals surface area contributed by atoms with Crippen LogP contribution in [0.4, 0.5) is 9.59 Å². The largest absolute Gasteiger partial charge is 0.465 e. The van der Waals surface area contributed by atoms with Crippen LogP contribution in [0.5, 0.6) is 0 Å². The van der Waals surface area contributed by atoms with E-state index in [1.807, 2.05) is 69.5 Å². The van der Waals surface area contributed by atoms with Crippen molar-refractivity contribution in [2.24, 2.45) is 11.8 Å². The van der Waals surface area contributed by atoms with Gasteiger partial charge in [-0.3, -0.25) is 0 Å². The van der Waals surface area contributed by atoms with Crippen molar-refractivity contribution in [2.75, 3.05) is 13.7 Å². The predicted molar refractivity (Wildman–Crippen MR) is 185 cm³/mol. The molecule has 8 nitrogen and oxygen atoms in total. The summed E-state index contributed by atoms with van der Waals surface area (Å²) >= 11 is 0. The van der Waals surface area contributed by atoms with E-state index in [0.717, 1.165) is 44.1 Å². The Morgan fingerprint density at radius 2 is 1.38 bits per heavy atom. The normalized spacial score (nSPS) is 21.4. The van der Waals surface area contributed by atoms with Crippen LogP contribution in [0, 0.1) is 11.8 Å². The summed E-state index contributed by atoms with van der Waals surface area (Å²) < 4.78 is 16.6. The molecule has 0 heterocycles. The van der Waals surface area contributed by atoms with Gasteiger partial charge in [-0.2, -0.15) is 0 Å². The van der Waals surface area contributed by atoms with Crippen molar-refractivity contribution in [3.8, 4) is 0 Å². The van der Waals surface area contributed by atoms with Crippen molar-refractivity contribution in [3.05, 3.63) is 76.9 Å². The number of carbonyl (C=O) groups is 3. The lowest BCUT2D eigenvalue weighted by molar-refractivity contribution is 0.00499. The second kappa shape index (κ2) is 15.4. The monoisotopic (exact) mass is 646 g/mol. The van der Waals surface area contributed by atoms with Crippen molar-refractivity contribution in [1.82, 2.24) is 9.80 Å². The van der Waals surface area contributed by atoms with Crippen LogP contribution in [-0.4, -0.2) is 64.9 Å². The fourth-order valence-corrected chi connectivity index (χ4v) is 6.47. The molecule has 2 fully saturated rings. The van der Waals surface area contributed by atoms with Crippen LogP contribution in [-0.2, 0) is 20.8 Å². The number of carbonyl (C=O) groups excluding carboxylic acids is 3. The van der Waals surface area contributed by atoms with E-state index in [9.17, 15) is 14.4 Å². The Morgan fingerprint density at radius 3 is 1.91 bits per heavy atom. The molecule has 0 aromatic heterocycles. The quantitative estimate of drug-likeness (QED) is 0.189. The first-order chi connectivity index (χ1) is 22.2. The molecule has 2 saturated carbocycles. The molecule has 0 radical (unpaired) electrons. The predicted octanol–water partition coefficient (Wildman–Crippen LogP) is 8.89. The SMILES string of the molecule is CC/C(=C\c1ccccc1)[C@@H]1C[C@H]1N(C[C@H]1CC[C@H](N(Cc2ccc(C(=O)OC)cc2)C(=O)OC(C)(C)C)CC1)C(=O)OC(C)(C)C. The summed E-state index contributed by atoms with van der Waals surface area (Å²) in [6.07, 6.45) is 6.99. The topological polar surface area (TPSA) is 85.4 Å². The molecule has 2 aliphatic carbocycles. The van der Waals surface area contributed by atoms with Gasteiger partial charge in [0, 0.05) is 31.1 Å². The lowest BCUT2D eigenvalue weighted by Crippen LogP contribution is -2.46. The first-order valence-electron chi connectivity index (χ1n) is 17.1. The summed E-state index contributed by atoms with van der Waals surface area (Å²) in [4.78, 5) is 42.8. The van der Waals surface area contributed by atoms with Gasteiger partial charge in [0.1, 0.15) is 11.2 Å². The smallest absolute Gasteiger partial charge is 0.410 e. The fourth-order valence-electron chi connectivity index (χ4n) is 6.47. The molecule has 47 heavy (non-hydrogen) atoms. The summed E-state index contributed by atoms with van der Waals surface area (Å²) in [5, 5.41) is 0. The van der Waals surface area contributed by atoms with E-state index in [-0.39, 0.29) is 24.3 Å². The highest BCUT2D eigenvalue weighted by Gasteiger charge is 2.47. The average Bonchev–Trinajstić information content (AvgIpc) is 3.80. The molecule has 2 aromatic carbocycles. The van der Waals surface area contributed by atoms with E-state index in [0.29, 0.717) is 30.5 Å². The van der Waals surface area contributed by atoms with E-state index in [1.165, 1.54) is 18.2 Å². The standard InChI is InChI=1S/C39H54N2O6/c1-9-30(23-27-13-11-10-12-14-27)33-24-34(33)41(37(44)47-39(5,6)7)26-29-17-21-32(22-18-29)40(36(43)46-38(2,3)4)25-28-15-19-31(20-16-28)35(42)45-8/h10-16,19-20,23,29,32-34H,9,17-18,21-22,24-26H2,1-8H3/b30-23+/t29-,32-,33-,34+/m0/s1. The molecule has 2 aliphatic rings. The molecule has 0 bridgehead atoms. The van der Waals surface area contributed by atoms with Crippen molar-refractivity contribution in [2.45, 2.75) is 117 Å². The van der Waals surface area contributed by atoms with E-state index in [2.05, 4.69) is 37.3 Å². The van der Waals surface area contributed by atoms with Gasteiger partial charge >= 0.3 is 18.2 Å². The summed E-state index contributed by atoms with van der Waals surface area (Å²) in [5.74, 6) is 0.246. The Morgan fingerprint density at radius 1 is 0.809 bits per heavy atom. The van der Waals surface area contributed by atoms with Crippen molar-refractivity contribution in [1.29, 1.82) is 0 Å². The minimum Gasteiger partial charge on any atom is -0.465 e. The van der Waals surface area contributed by atoms with Gasteiger partial charge < -0.3 is 24.0 Å². The van der Waals surface area contributed by atoms with Gasteiger partial charge in [-0.05, 0) is 109 Å². The summed E-state index contributed by atoms with van der Waals surface area (Å²) in [6, 6.07) is 17.7. The van der Waals surface area contributed by atoms with Crippen LogP contribution in [0.2, 0.25) is 0 Å². The lowest BCUT2D eigenvalue weighted by atomic mass is 9.84. The van der Waals surface area contributed by atoms with Crippen molar-refractivity contribution < 1.29 is 28.6 Å². The lowest BCUT2D eigenvalue weighted by Gasteiger charge is -2.39. The van der Waals surface area contributed by atoms with Crippen LogP contribution >= 0.6 is 0 Å². The van der Waals surface area contributed by atoms with Gasteiger partial charge in [0.2, 0.25) is 0 Å². The Balaban J connectivity index is 1.46. The van der Waals surface area contributed by atoms with Gasteiger partial charge in [-0.1, -0.05) is 61.0 Å². The summed E-state index contributed by atoms with van der Waals surface area (Å²) in [6.45, 7) is 14.6. The highest BCUT2D eigenvalue weighted by Crippen LogP contribution is 2.45. The first kappa shape index (κ1) is 36.0. The molecule has 0 spiro atoms. The van der Waals surface area contributed by atoms with E-state index >= 15 is 0 Å². The number of rotatable bonds is 10. The molecular weight excluding hydrogens is 592 g/mol. The third-order valence-corrected chi connectivity index (χ3v) is 8.89. The number of amides is 2. The Labute approximate surface area is 281 Å². The van der Waals surface area contributed by atoms with E-state index in [1.54, 1.807) is 12.1 Å². The molecule has 0 N–H and O–H groups in total. The highest BCUT2D eigenvalue weighted by atomic mass is 16.6. The number of nitrogens with zero attached hydrogens (tertiary/aromatic N) is 2. The average molecular weight is 647 g/mol. The maximum Gasteiger partial charge on any atom is 0.410 e. The minimum absolute atomic E-state index is 0.00512. The molecule has 0 aliphatic heterocycles. The Hall–Kier alpha value is -3.81. The zero-order valence-corrected chi connectivity index (χ0v) is 29.6. The second-order valence-corrected chi connectivity index (χ2v) is 15.0. The van der Waals surface area contributed by atoms with Gasteiger partial charge in [0.15, 0.2) is 0 Å². The maximum absolute atomic E-state index is 13.6. The molecule has 256 valence electrons. The number of hydrogen-bond acceptors (Lipinski definition) is 6. The molecule has 4 rings (SSSR count). The third-order valence-electron chi connectivity index (χ3n) is 8.89. The van der Waals surface area contributed by atoms with E-state index < -0.39 is 17.2 Å². The second-order valence-electron chi connectivity index (χ2n) is 15.0. The number of esters is 1. The van der Waals surface area contributed by atoms with Crippen LogP contribution in [0.3, 0.4) is 0 Å². The molecular formula is C39H54N2O6. The van der Waals surface area contributed by atoms with Crippen molar-refractivity contribution >= 4 is 24.2 Å². The molecule has 8 heteroatoms. The maximum atomic E-state index is 13.6. The molecule has 2 aromatic rings. The van der Waals surface area contributed by atoms with Gasteiger partial charge in [0.25, 0.3) is 0 Å². The molecule has 0 unspecified atom stereocenters. The van der Waals surface area contributed by atoms with Crippen LogP contribution in [0.1, 0.15) is 108 Å². The number of hydrogen-bond donors (Lipinski definition) is 0. The van der Waals surface area contributed by atoms with Crippen molar-refractivity contribution in [3.63, 3.8) is 0 Å². The first-order valence-corrected chi connectivity index (χ1v) is 17.1. The Bertz CT molecular complexity index is 1380. The zero-order chi connectivity index (χ0) is 34.4. The summed E-state index contributed by atoms with van der Waals surface area (Å²) in [7, 11) is 1.36. The van der Waals surface area contributed by atoms with E-state index in [4.69, 9.17) is 14.2 Å². The van der Waals surface area contributed by atoms with Gasteiger partial charge in [-0.25, -0.2) is 14.4 Å². The van der Waals surface area contributed by atoms with Crippen LogP contribution in [0.25, 0.3) is 6.08 Å². The minimum atomic E-state index is -0.623. The van der Waals surface area contributed by atoms with Crippen LogP contribution < -0.4 is 0 Å².